The number of rotatable bonds is 2. The highest BCUT2D eigenvalue weighted by atomic mass is 32.2. The summed E-state index contributed by atoms with van der Waals surface area (Å²) < 4.78 is 0. The normalized spacial score (nSPS) is 27.6. The number of fused-ring (bicyclic) bond motifs is 1. The first-order chi connectivity index (χ1) is 8.33. The molecule has 0 spiro atoms. The Bertz CT molecular complexity index is 407. The Hall–Kier alpha value is -0.960. The van der Waals surface area contributed by atoms with Crippen molar-refractivity contribution in [3.05, 3.63) is 29.8 Å². The van der Waals surface area contributed by atoms with Crippen molar-refractivity contribution < 1.29 is 4.79 Å². The average Bonchev–Trinajstić information content (AvgIpc) is 2.74. The summed E-state index contributed by atoms with van der Waals surface area (Å²) in [6.07, 6.45) is 4.37. The molecule has 1 aromatic carbocycles. The van der Waals surface area contributed by atoms with Crippen LogP contribution in [0, 0.1) is 5.92 Å². The minimum Gasteiger partial charge on any atom is -0.356 e. The van der Waals surface area contributed by atoms with Gasteiger partial charge in [-0.1, -0.05) is 18.2 Å². The van der Waals surface area contributed by atoms with E-state index in [1.165, 1.54) is 10.5 Å². The van der Waals surface area contributed by atoms with Gasteiger partial charge in [0.1, 0.15) is 0 Å². The van der Waals surface area contributed by atoms with Gasteiger partial charge in [0.25, 0.3) is 0 Å². The second-order valence-electron chi connectivity index (χ2n) is 4.92. The Kier molecular flexibility index (Phi) is 3.10. The lowest BCUT2D eigenvalue weighted by atomic mass is 9.92. The van der Waals surface area contributed by atoms with E-state index >= 15 is 0 Å². The Labute approximate surface area is 106 Å². The maximum Gasteiger partial charge on any atom is 0.223 e. The highest BCUT2D eigenvalue weighted by Gasteiger charge is 2.29. The van der Waals surface area contributed by atoms with Crippen molar-refractivity contribution in [1.29, 1.82) is 0 Å². The van der Waals surface area contributed by atoms with Crippen molar-refractivity contribution in [1.82, 2.24) is 5.32 Å². The molecule has 1 aromatic rings. The van der Waals surface area contributed by atoms with Crippen LogP contribution < -0.4 is 5.32 Å². The molecule has 0 bridgehead atoms. The van der Waals surface area contributed by atoms with E-state index in [-0.39, 0.29) is 11.8 Å². The topological polar surface area (TPSA) is 29.1 Å². The molecule has 2 atom stereocenters. The van der Waals surface area contributed by atoms with Gasteiger partial charge in [0.05, 0.1) is 0 Å². The summed E-state index contributed by atoms with van der Waals surface area (Å²) in [6.45, 7) is 0.868. The third-order valence-electron chi connectivity index (χ3n) is 3.66. The molecule has 0 saturated carbocycles. The number of carbonyl (C=O) groups excluding carboxylic acids is 1. The summed E-state index contributed by atoms with van der Waals surface area (Å²) in [7, 11) is 0. The molecular weight excluding hydrogens is 230 g/mol. The highest BCUT2D eigenvalue weighted by molar-refractivity contribution is 8.00. The lowest BCUT2D eigenvalue weighted by molar-refractivity contribution is -0.126. The number of hydrogen-bond acceptors (Lipinski definition) is 2. The van der Waals surface area contributed by atoms with Crippen LogP contribution in [0.15, 0.2) is 29.2 Å². The molecule has 1 fully saturated rings. The summed E-state index contributed by atoms with van der Waals surface area (Å²) in [6, 6.07) is 8.61. The zero-order chi connectivity index (χ0) is 11.7. The Morgan fingerprint density at radius 1 is 1.35 bits per heavy atom. The van der Waals surface area contributed by atoms with E-state index in [0.29, 0.717) is 5.25 Å². The number of piperidine rings is 1. The third-order valence-corrected chi connectivity index (χ3v) is 5.01. The molecule has 1 amide bonds. The van der Waals surface area contributed by atoms with Gasteiger partial charge in [-0.2, -0.15) is 0 Å². The van der Waals surface area contributed by atoms with Crippen LogP contribution in [0.4, 0.5) is 0 Å². The third kappa shape index (κ3) is 2.34. The molecule has 3 rings (SSSR count). The lowest BCUT2D eigenvalue weighted by Gasteiger charge is -2.23. The highest BCUT2D eigenvalue weighted by Crippen LogP contribution is 2.40. The number of benzene rings is 1. The second kappa shape index (κ2) is 4.73. The molecule has 1 saturated heterocycles. The monoisotopic (exact) mass is 247 g/mol. The number of carbonyl (C=O) groups is 1. The van der Waals surface area contributed by atoms with Crippen molar-refractivity contribution in [2.24, 2.45) is 5.92 Å². The fraction of sp³-hybridized carbons (Fsp3) is 0.500. The van der Waals surface area contributed by atoms with Crippen molar-refractivity contribution in [2.45, 2.75) is 35.8 Å². The number of thioether (sulfide) groups is 1. The van der Waals surface area contributed by atoms with Crippen LogP contribution in [0.3, 0.4) is 0 Å². The van der Waals surface area contributed by atoms with E-state index in [1.54, 1.807) is 0 Å². The molecule has 0 aromatic heterocycles. The van der Waals surface area contributed by atoms with Crippen molar-refractivity contribution in [3.8, 4) is 0 Å². The average molecular weight is 247 g/mol. The summed E-state index contributed by atoms with van der Waals surface area (Å²) in [5.74, 6) is 0.517. The first-order valence-corrected chi connectivity index (χ1v) is 7.23. The van der Waals surface area contributed by atoms with Gasteiger partial charge in [0, 0.05) is 22.6 Å². The van der Waals surface area contributed by atoms with Gasteiger partial charge < -0.3 is 5.32 Å². The van der Waals surface area contributed by atoms with Crippen LogP contribution in [0.5, 0.6) is 0 Å². The van der Waals surface area contributed by atoms with Gasteiger partial charge in [0.15, 0.2) is 0 Å². The molecule has 3 heteroatoms. The van der Waals surface area contributed by atoms with Crippen molar-refractivity contribution in [2.75, 3.05) is 6.54 Å². The second-order valence-corrected chi connectivity index (χ2v) is 6.26. The summed E-state index contributed by atoms with van der Waals surface area (Å²) in [5.41, 5.74) is 1.46. The Morgan fingerprint density at radius 2 is 2.24 bits per heavy atom. The van der Waals surface area contributed by atoms with E-state index in [2.05, 4.69) is 29.6 Å². The van der Waals surface area contributed by atoms with Crippen molar-refractivity contribution in [3.63, 3.8) is 0 Å². The van der Waals surface area contributed by atoms with Gasteiger partial charge in [-0.15, -0.1) is 11.8 Å². The molecule has 2 aliphatic heterocycles. The van der Waals surface area contributed by atoms with Gasteiger partial charge >= 0.3 is 0 Å². The molecule has 2 unspecified atom stereocenters. The molecule has 17 heavy (non-hydrogen) atoms. The molecule has 1 N–H and O–H groups in total. The van der Waals surface area contributed by atoms with Crippen LogP contribution in [0.25, 0.3) is 0 Å². The zero-order valence-corrected chi connectivity index (χ0v) is 10.6. The van der Waals surface area contributed by atoms with Crippen LogP contribution >= 0.6 is 11.8 Å². The maximum atomic E-state index is 11.7. The van der Waals surface area contributed by atoms with Gasteiger partial charge in [-0.05, 0) is 37.3 Å². The first-order valence-electron chi connectivity index (χ1n) is 6.35. The molecular formula is C14H17NOS. The Balaban J connectivity index is 1.63. The quantitative estimate of drug-likeness (QED) is 0.870. The van der Waals surface area contributed by atoms with Crippen LogP contribution in [-0.2, 0) is 11.2 Å². The van der Waals surface area contributed by atoms with Gasteiger partial charge in [-0.25, -0.2) is 0 Å². The maximum absolute atomic E-state index is 11.7. The van der Waals surface area contributed by atoms with Crippen LogP contribution in [0.1, 0.15) is 24.8 Å². The molecule has 0 aliphatic carbocycles. The standard InChI is InChI=1S/C14H17NOS/c16-14-11(5-3-7-15-14)9-12-8-10-4-1-2-6-13(10)17-12/h1-2,4,6,11-12H,3,5,7-9H2,(H,15,16). The largest absolute Gasteiger partial charge is 0.356 e. The fourth-order valence-electron chi connectivity index (χ4n) is 2.76. The van der Waals surface area contributed by atoms with E-state index in [9.17, 15) is 4.79 Å². The van der Waals surface area contributed by atoms with E-state index in [4.69, 9.17) is 0 Å². The Morgan fingerprint density at radius 3 is 3.06 bits per heavy atom. The van der Waals surface area contributed by atoms with Gasteiger partial charge in [0.2, 0.25) is 5.91 Å². The summed E-state index contributed by atoms with van der Waals surface area (Å²) in [5, 5.41) is 3.58. The fourth-order valence-corrected chi connectivity index (χ4v) is 4.17. The SMILES string of the molecule is O=C1NCCCC1CC1Cc2ccccc2S1. The predicted molar refractivity (Wildman–Crippen MR) is 70.1 cm³/mol. The van der Waals surface area contributed by atoms with E-state index in [1.807, 2.05) is 11.8 Å². The lowest BCUT2D eigenvalue weighted by Crippen LogP contribution is -2.37. The number of nitrogens with one attached hydrogen (secondary N) is 1. The minimum absolute atomic E-state index is 0.246. The molecule has 2 nitrogen and oxygen atoms in total. The van der Waals surface area contributed by atoms with Crippen molar-refractivity contribution >= 4 is 17.7 Å². The number of amides is 1. The molecule has 90 valence electrons. The smallest absolute Gasteiger partial charge is 0.223 e. The van der Waals surface area contributed by atoms with Gasteiger partial charge in [-0.3, -0.25) is 4.79 Å². The summed E-state index contributed by atoms with van der Waals surface area (Å²) >= 11 is 1.95. The first kappa shape index (κ1) is 11.1. The summed E-state index contributed by atoms with van der Waals surface area (Å²) in [4.78, 5) is 13.1. The minimum atomic E-state index is 0.246. The van der Waals surface area contributed by atoms with Crippen LogP contribution in [-0.4, -0.2) is 17.7 Å². The number of hydrogen-bond donors (Lipinski definition) is 1. The molecule has 2 aliphatic rings. The molecule has 0 radical (unpaired) electrons. The predicted octanol–water partition coefficient (Wildman–Crippen LogP) is 2.62. The molecule has 2 heterocycles. The van der Waals surface area contributed by atoms with E-state index in [0.717, 1.165) is 32.2 Å². The zero-order valence-electron chi connectivity index (χ0n) is 9.82. The van der Waals surface area contributed by atoms with Crippen LogP contribution in [0.2, 0.25) is 0 Å². The van der Waals surface area contributed by atoms with E-state index < -0.39 is 0 Å².